The van der Waals surface area contributed by atoms with E-state index in [4.69, 9.17) is 9.47 Å². The molecule has 1 atom stereocenters. The Hall–Kier alpha value is -2.90. The van der Waals surface area contributed by atoms with Gasteiger partial charge in [0.1, 0.15) is 25.1 Å². The van der Waals surface area contributed by atoms with E-state index in [0.29, 0.717) is 47.1 Å². The first kappa shape index (κ1) is 19.4. The van der Waals surface area contributed by atoms with Crippen LogP contribution in [0.4, 0.5) is 10.1 Å². The molecule has 1 heterocycles. The lowest BCUT2D eigenvalue weighted by Crippen LogP contribution is -2.18. The van der Waals surface area contributed by atoms with Gasteiger partial charge in [0.15, 0.2) is 11.5 Å². The van der Waals surface area contributed by atoms with E-state index in [1.807, 2.05) is 12.1 Å². The Balaban J connectivity index is 1.71. The number of aliphatic hydroxyl groups excluding tert-OH is 1. The summed E-state index contributed by atoms with van der Waals surface area (Å²) in [6.07, 6.45) is -0.998. The summed E-state index contributed by atoms with van der Waals surface area (Å²) in [6, 6.07) is 15.8. The first-order chi connectivity index (χ1) is 14.0. The topological polar surface area (TPSA) is 67.8 Å². The zero-order chi connectivity index (χ0) is 20.4. The molecule has 148 valence electrons. The second-order valence-electron chi connectivity index (χ2n) is 6.50. The van der Waals surface area contributed by atoms with Gasteiger partial charge in [-0.25, -0.2) is 4.39 Å². The van der Waals surface area contributed by atoms with E-state index in [1.165, 1.54) is 24.3 Å². The average molecular weight is 458 g/mol. The smallest absolute Gasteiger partial charge is 0.255 e. The quantitative estimate of drug-likeness (QED) is 0.595. The van der Waals surface area contributed by atoms with Crippen molar-refractivity contribution in [3.8, 4) is 11.5 Å². The van der Waals surface area contributed by atoms with Gasteiger partial charge in [-0.15, -0.1) is 0 Å². The summed E-state index contributed by atoms with van der Waals surface area (Å²) in [4.78, 5) is 12.7. The first-order valence-corrected chi connectivity index (χ1v) is 9.74. The van der Waals surface area contributed by atoms with Crippen molar-refractivity contribution in [3.05, 3.63) is 87.6 Å². The Morgan fingerprint density at radius 3 is 2.28 bits per heavy atom. The van der Waals surface area contributed by atoms with Crippen molar-refractivity contribution in [2.45, 2.75) is 6.10 Å². The molecule has 1 aliphatic heterocycles. The summed E-state index contributed by atoms with van der Waals surface area (Å²) in [6.45, 7) is 0.801. The number of amides is 1. The summed E-state index contributed by atoms with van der Waals surface area (Å²) < 4.78 is 25.3. The lowest BCUT2D eigenvalue weighted by Gasteiger charge is -2.23. The predicted molar refractivity (Wildman–Crippen MR) is 110 cm³/mol. The third kappa shape index (κ3) is 4.26. The van der Waals surface area contributed by atoms with E-state index in [0.717, 1.165) is 4.47 Å². The fraction of sp³-hybridized carbons (Fsp3) is 0.136. The van der Waals surface area contributed by atoms with Crippen LogP contribution in [0, 0.1) is 5.82 Å². The van der Waals surface area contributed by atoms with Gasteiger partial charge in [0.2, 0.25) is 0 Å². The number of hydrogen-bond acceptors (Lipinski definition) is 4. The Labute approximate surface area is 175 Å². The lowest BCUT2D eigenvalue weighted by atomic mass is 9.98. The Kier molecular flexibility index (Phi) is 5.51. The molecule has 2 N–H and O–H groups in total. The number of fused-ring (bicyclic) bond motifs is 1. The minimum atomic E-state index is -0.998. The molecule has 5 nitrogen and oxygen atoms in total. The molecule has 29 heavy (non-hydrogen) atoms. The highest BCUT2D eigenvalue weighted by molar-refractivity contribution is 9.10. The minimum absolute atomic E-state index is 0.297. The van der Waals surface area contributed by atoms with Crippen molar-refractivity contribution in [2.24, 2.45) is 0 Å². The number of aliphatic hydroxyl groups is 1. The molecule has 0 aliphatic carbocycles. The third-order valence-electron chi connectivity index (χ3n) is 4.55. The second-order valence-corrected chi connectivity index (χ2v) is 7.41. The van der Waals surface area contributed by atoms with Gasteiger partial charge in [-0.2, -0.15) is 0 Å². The number of anilines is 1. The van der Waals surface area contributed by atoms with Gasteiger partial charge in [0, 0.05) is 21.7 Å². The molecule has 0 bridgehead atoms. The zero-order valence-corrected chi connectivity index (χ0v) is 16.8. The highest BCUT2D eigenvalue weighted by Crippen LogP contribution is 2.40. The number of benzene rings is 3. The molecule has 1 aliphatic rings. The number of ether oxygens (including phenoxy) is 2. The van der Waals surface area contributed by atoms with Crippen LogP contribution in [-0.2, 0) is 0 Å². The molecular formula is C22H17BrFNO4. The van der Waals surface area contributed by atoms with Crippen molar-refractivity contribution >= 4 is 27.5 Å². The van der Waals surface area contributed by atoms with Crippen LogP contribution in [0.5, 0.6) is 11.5 Å². The van der Waals surface area contributed by atoms with Crippen LogP contribution in [0.2, 0.25) is 0 Å². The van der Waals surface area contributed by atoms with Crippen LogP contribution in [0.15, 0.2) is 65.1 Å². The van der Waals surface area contributed by atoms with Gasteiger partial charge >= 0.3 is 0 Å². The monoisotopic (exact) mass is 457 g/mol. The van der Waals surface area contributed by atoms with E-state index in [1.54, 1.807) is 24.3 Å². The van der Waals surface area contributed by atoms with E-state index in [-0.39, 0.29) is 0 Å². The molecule has 1 amide bonds. The van der Waals surface area contributed by atoms with E-state index in [2.05, 4.69) is 21.2 Å². The first-order valence-electron chi connectivity index (χ1n) is 8.95. The number of hydrogen-bond donors (Lipinski definition) is 2. The van der Waals surface area contributed by atoms with Gasteiger partial charge in [0.05, 0.1) is 5.69 Å². The van der Waals surface area contributed by atoms with Crippen LogP contribution in [0.3, 0.4) is 0 Å². The Morgan fingerprint density at radius 2 is 1.62 bits per heavy atom. The molecule has 4 rings (SSSR count). The molecule has 3 aromatic rings. The van der Waals surface area contributed by atoms with Crippen molar-refractivity contribution in [3.63, 3.8) is 0 Å². The number of carbonyl (C=O) groups is 1. The molecule has 3 aromatic carbocycles. The minimum Gasteiger partial charge on any atom is -0.486 e. The molecular weight excluding hydrogens is 441 g/mol. The molecule has 0 saturated heterocycles. The molecule has 0 saturated carbocycles. The van der Waals surface area contributed by atoms with E-state index < -0.39 is 17.8 Å². The van der Waals surface area contributed by atoms with Gasteiger partial charge in [-0.3, -0.25) is 4.79 Å². The van der Waals surface area contributed by atoms with Crippen LogP contribution < -0.4 is 14.8 Å². The second kappa shape index (κ2) is 8.23. The highest BCUT2D eigenvalue weighted by Gasteiger charge is 2.22. The Bertz CT molecular complexity index is 1040. The maximum atomic E-state index is 13.2. The molecule has 0 aromatic heterocycles. The maximum absolute atomic E-state index is 13.2. The van der Waals surface area contributed by atoms with Gasteiger partial charge < -0.3 is 19.9 Å². The Morgan fingerprint density at radius 1 is 1.00 bits per heavy atom. The summed E-state index contributed by atoms with van der Waals surface area (Å²) in [5.74, 6) is 0.137. The van der Waals surface area contributed by atoms with E-state index in [9.17, 15) is 14.3 Å². The standard InChI is InChI=1S/C22H17BrFNO4/c23-15-5-1-13(2-6-15)21(26)17-11-19-20(29-10-9-28-19)12-18(17)25-22(27)14-3-7-16(24)8-4-14/h1-8,11-12,21,26H,9-10H2,(H,25,27)/t21-/m1/s1. The van der Waals surface area contributed by atoms with Crippen molar-refractivity contribution in [1.29, 1.82) is 0 Å². The van der Waals surface area contributed by atoms with Gasteiger partial charge in [0.25, 0.3) is 5.91 Å². The molecule has 0 fully saturated rings. The number of nitrogens with one attached hydrogen (secondary N) is 1. The van der Waals surface area contributed by atoms with E-state index >= 15 is 0 Å². The highest BCUT2D eigenvalue weighted by atomic mass is 79.9. The number of carbonyl (C=O) groups excluding carboxylic acids is 1. The zero-order valence-electron chi connectivity index (χ0n) is 15.2. The molecule has 0 radical (unpaired) electrons. The SMILES string of the molecule is O=C(Nc1cc2c(cc1[C@H](O)c1ccc(Br)cc1)OCCO2)c1ccc(F)cc1. The van der Waals surface area contributed by atoms with Crippen LogP contribution in [0.25, 0.3) is 0 Å². The third-order valence-corrected chi connectivity index (χ3v) is 5.08. The largest absolute Gasteiger partial charge is 0.486 e. The summed E-state index contributed by atoms with van der Waals surface area (Å²) >= 11 is 3.38. The number of halogens is 2. The molecule has 7 heteroatoms. The lowest BCUT2D eigenvalue weighted by molar-refractivity contribution is 0.102. The summed E-state index contributed by atoms with van der Waals surface area (Å²) in [5.41, 5.74) is 1.80. The predicted octanol–water partition coefficient (Wildman–Crippen LogP) is 4.69. The van der Waals surface area contributed by atoms with Crippen LogP contribution in [-0.4, -0.2) is 24.2 Å². The molecule has 0 spiro atoms. The number of rotatable bonds is 4. The van der Waals surface area contributed by atoms with Gasteiger partial charge in [-0.05, 0) is 48.0 Å². The van der Waals surface area contributed by atoms with Crippen molar-refractivity contribution < 1.29 is 23.8 Å². The summed E-state index contributed by atoms with van der Waals surface area (Å²) in [7, 11) is 0. The summed E-state index contributed by atoms with van der Waals surface area (Å²) in [5, 5.41) is 13.8. The van der Waals surface area contributed by atoms with Crippen LogP contribution in [0.1, 0.15) is 27.6 Å². The van der Waals surface area contributed by atoms with Crippen LogP contribution >= 0.6 is 15.9 Å². The fourth-order valence-corrected chi connectivity index (χ4v) is 3.32. The van der Waals surface area contributed by atoms with Crippen molar-refractivity contribution in [1.82, 2.24) is 0 Å². The van der Waals surface area contributed by atoms with Crippen molar-refractivity contribution in [2.75, 3.05) is 18.5 Å². The maximum Gasteiger partial charge on any atom is 0.255 e. The normalized spacial score (nSPS) is 13.6. The van der Waals surface area contributed by atoms with Gasteiger partial charge in [-0.1, -0.05) is 28.1 Å². The fourth-order valence-electron chi connectivity index (χ4n) is 3.06. The molecule has 0 unspecified atom stereocenters. The average Bonchev–Trinajstić information content (AvgIpc) is 2.73.